The number of aryl methyl sites for hydroxylation is 2. The zero-order chi connectivity index (χ0) is 19.4. The van der Waals surface area contributed by atoms with E-state index in [1.165, 1.54) is 5.56 Å². The number of anilines is 3. The molecule has 0 aliphatic carbocycles. The number of carbonyl (C=O) groups is 1. The van der Waals surface area contributed by atoms with E-state index in [4.69, 9.17) is 0 Å². The molecule has 0 spiro atoms. The summed E-state index contributed by atoms with van der Waals surface area (Å²) >= 11 is 0. The summed E-state index contributed by atoms with van der Waals surface area (Å²) in [4.78, 5) is 21.3. The Bertz CT molecular complexity index is 929. The van der Waals surface area contributed by atoms with Crippen molar-refractivity contribution in [2.45, 2.75) is 33.6 Å². The zero-order valence-corrected chi connectivity index (χ0v) is 16.1. The molecule has 27 heavy (non-hydrogen) atoms. The average Bonchev–Trinajstić information content (AvgIpc) is 2.61. The third-order valence-electron chi connectivity index (χ3n) is 4.20. The molecule has 2 N–H and O–H groups in total. The topological polar surface area (TPSA) is 66.9 Å². The van der Waals surface area contributed by atoms with Crippen molar-refractivity contribution < 1.29 is 4.79 Å². The van der Waals surface area contributed by atoms with Crippen LogP contribution in [0, 0.1) is 13.8 Å². The van der Waals surface area contributed by atoms with Gasteiger partial charge in [0.2, 0.25) is 5.95 Å². The maximum absolute atomic E-state index is 12.5. The third kappa shape index (κ3) is 4.91. The molecule has 2 aromatic carbocycles. The summed E-state index contributed by atoms with van der Waals surface area (Å²) in [5.41, 5.74) is 5.18. The number of benzene rings is 2. The highest BCUT2D eigenvalue weighted by atomic mass is 16.1. The molecule has 0 atom stereocenters. The molecule has 3 aromatic rings. The normalized spacial score (nSPS) is 10.7. The van der Waals surface area contributed by atoms with E-state index in [9.17, 15) is 4.79 Å². The average molecular weight is 360 g/mol. The monoisotopic (exact) mass is 360 g/mol. The van der Waals surface area contributed by atoms with Gasteiger partial charge in [-0.2, -0.15) is 0 Å². The minimum absolute atomic E-state index is 0.134. The van der Waals surface area contributed by atoms with Gasteiger partial charge in [0.05, 0.1) is 0 Å². The van der Waals surface area contributed by atoms with Crippen LogP contribution in [0.3, 0.4) is 0 Å². The van der Waals surface area contributed by atoms with Crippen molar-refractivity contribution in [2.24, 2.45) is 0 Å². The Hall–Kier alpha value is -3.21. The molecule has 0 saturated heterocycles. The van der Waals surface area contributed by atoms with Crippen molar-refractivity contribution in [3.63, 3.8) is 0 Å². The van der Waals surface area contributed by atoms with Gasteiger partial charge in [-0.15, -0.1) is 0 Å². The largest absolute Gasteiger partial charge is 0.324 e. The number of nitrogens with zero attached hydrogens (tertiary/aromatic N) is 2. The van der Waals surface area contributed by atoms with Gasteiger partial charge in [-0.3, -0.25) is 4.79 Å². The highest BCUT2D eigenvalue weighted by Gasteiger charge is 2.08. The van der Waals surface area contributed by atoms with Crippen molar-refractivity contribution in [3.05, 3.63) is 77.1 Å². The molecule has 0 radical (unpaired) electrons. The number of aromatic nitrogens is 2. The molecular weight excluding hydrogens is 336 g/mol. The number of hydrogen-bond acceptors (Lipinski definition) is 4. The number of carbonyl (C=O) groups excluding carboxylic acids is 1. The van der Waals surface area contributed by atoms with Crippen LogP contribution in [0.2, 0.25) is 0 Å². The molecule has 5 nitrogen and oxygen atoms in total. The third-order valence-corrected chi connectivity index (χ3v) is 4.20. The molecular formula is C22H24N4O. The summed E-state index contributed by atoms with van der Waals surface area (Å²) < 4.78 is 0. The van der Waals surface area contributed by atoms with E-state index in [0.29, 0.717) is 23.1 Å². The number of amides is 1. The van der Waals surface area contributed by atoms with Gasteiger partial charge in [0.15, 0.2) is 0 Å². The lowest BCUT2D eigenvalue weighted by molar-refractivity contribution is 0.102. The number of rotatable bonds is 5. The molecule has 1 aromatic heterocycles. The molecule has 1 amide bonds. The summed E-state index contributed by atoms with van der Waals surface area (Å²) in [5, 5.41) is 6.12. The van der Waals surface area contributed by atoms with Crippen LogP contribution >= 0.6 is 0 Å². The number of nitrogens with one attached hydrogen (secondary N) is 2. The van der Waals surface area contributed by atoms with Gasteiger partial charge in [-0.1, -0.05) is 32.0 Å². The SMILES string of the molecule is Cc1cc(C)nc(Nc2cccc(NC(=O)c3ccc(C(C)C)cc3)c2)n1. The maximum Gasteiger partial charge on any atom is 0.255 e. The van der Waals surface area contributed by atoms with E-state index < -0.39 is 0 Å². The van der Waals surface area contributed by atoms with Gasteiger partial charge in [0.25, 0.3) is 5.91 Å². The Balaban J connectivity index is 1.72. The van der Waals surface area contributed by atoms with Gasteiger partial charge in [0.1, 0.15) is 0 Å². The van der Waals surface area contributed by atoms with E-state index in [1.807, 2.05) is 68.4 Å². The van der Waals surface area contributed by atoms with Crippen molar-refractivity contribution in [1.82, 2.24) is 9.97 Å². The minimum Gasteiger partial charge on any atom is -0.324 e. The van der Waals surface area contributed by atoms with Crippen LogP contribution in [0.4, 0.5) is 17.3 Å². The smallest absolute Gasteiger partial charge is 0.255 e. The van der Waals surface area contributed by atoms with Crippen LogP contribution in [-0.4, -0.2) is 15.9 Å². The first kappa shape index (κ1) is 18.6. The van der Waals surface area contributed by atoms with Crippen LogP contribution in [0.25, 0.3) is 0 Å². The highest BCUT2D eigenvalue weighted by molar-refractivity contribution is 6.04. The Morgan fingerprint density at radius 2 is 1.52 bits per heavy atom. The Morgan fingerprint density at radius 1 is 0.889 bits per heavy atom. The summed E-state index contributed by atoms with van der Waals surface area (Å²) in [6.45, 7) is 8.13. The predicted octanol–water partition coefficient (Wildman–Crippen LogP) is 5.21. The molecule has 0 aliphatic rings. The van der Waals surface area contributed by atoms with Crippen LogP contribution in [0.1, 0.15) is 47.1 Å². The lowest BCUT2D eigenvalue weighted by Crippen LogP contribution is -2.12. The lowest BCUT2D eigenvalue weighted by Gasteiger charge is -2.10. The lowest BCUT2D eigenvalue weighted by atomic mass is 10.0. The van der Waals surface area contributed by atoms with E-state index in [1.54, 1.807) is 0 Å². The van der Waals surface area contributed by atoms with E-state index in [-0.39, 0.29) is 5.91 Å². The van der Waals surface area contributed by atoms with Gasteiger partial charge in [0, 0.05) is 28.3 Å². The minimum atomic E-state index is -0.134. The van der Waals surface area contributed by atoms with Crippen LogP contribution in [-0.2, 0) is 0 Å². The predicted molar refractivity (Wildman–Crippen MR) is 110 cm³/mol. The Kier molecular flexibility index (Phi) is 5.50. The first-order valence-electron chi connectivity index (χ1n) is 9.01. The van der Waals surface area contributed by atoms with Gasteiger partial charge < -0.3 is 10.6 Å². The standard InChI is InChI=1S/C22H24N4O/c1-14(2)17-8-10-18(11-9-17)21(27)25-19-6-5-7-20(13-19)26-22-23-15(3)12-16(4)24-22/h5-14H,1-4H3,(H,25,27)(H,23,24,26). The first-order chi connectivity index (χ1) is 12.9. The van der Waals surface area contributed by atoms with Crippen molar-refractivity contribution in [3.8, 4) is 0 Å². The molecule has 0 unspecified atom stereocenters. The molecule has 0 bridgehead atoms. The van der Waals surface area contributed by atoms with Gasteiger partial charge >= 0.3 is 0 Å². The second-order valence-electron chi connectivity index (χ2n) is 6.91. The van der Waals surface area contributed by atoms with Crippen LogP contribution in [0.15, 0.2) is 54.6 Å². The Labute approximate surface area is 159 Å². The molecule has 0 fully saturated rings. The Morgan fingerprint density at radius 3 is 2.15 bits per heavy atom. The van der Waals surface area contributed by atoms with Gasteiger partial charge in [-0.05, 0) is 61.7 Å². The number of hydrogen-bond donors (Lipinski definition) is 2. The summed E-state index contributed by atoms with van der Waals surface area (Å²) in [5.74, 6) is 0.850. The maximum atomic E-state index is 12.5. The van der Waals surface area contributed by atoms with E-state index >= 15 is 0 Å². The summed E-state index contributed by atoms with van der Waals surface area (Å²) in [6, 6.07) is 17.1. The zero-order valence-electron chi connectivity index (χ0n) is 16.1. The second-order valence-corrected chi connectivity index (χ2v) is 6.91. The fourth-order valence-electron chi connectivity index (χ4n) is 2.81. The summed E-state index contributed by atoms with van der Waals surface area (Å²) in [7, 11) is 0. The van der Waals surface area contributed by atoms with E-state index in [0.717, 1.165) is 17.1 Å². The molecule has 3 rings (SSSR count). The van der Waals surface area contributed by atoms with Crippen molar-refractivity contribution >= 4 is 23.2 Å². The molecule has 0 aliphatic heterocycles. The van der Waals surface area contributed by atoms with E-state index in [2.05, 4.69) is 34.4 Å². The van der Waals surface area contributed by atoms with Crippen LogP contribution < -0.4 is 10.6 Å². The van der Waals surface area contributed by atoms with Gasteiger partial charge in [-0.25, -0.2) is 9.97 Å². The summed E-state index contributed by atoms with van der Waals surface area (Å²) in [6.07, 6.45) is 0. The molecule has 0 saturated carbocycles. The second kappa shape index (κ2) is 7.99. The van der Waals surface area contributed by atoms with Crippen molar-refractivity contribution in [2.75, 3.05) is 10.6 Å². The molecule has 1 heterocycles. The highest BCUT2D eigenvalue weighted by Crippen LogP contribution is 2.20. The molecule has 138 valence electrons. The fraction of sp³-hybridized carbons (Fsp3) is 0.227. The fourth-order valence-corrected chi connectivity index (χ4v) is 2.81. The quantitative estimate of drug-likeness (QED) is 0.655. The van der Waals surface area contributed by atoms with Crippen LogP contribution in [0.5, 0.6) is 0 Å². The molecule has 5 heteroatoms. The van der Waals surface area contributed by atoms with Crippen molar-refractivity contribution in [1.29, 1.82) is 0 Å². The first-order valence-corrected chi connectivity index (χ1v) is 9.01.